The number of alkyl halides is 3. The van der Waals surface area contributed by atoms with Gasteiger partial charge in [-0.15, -0.1) is 11.3 Å². The molecule has 0 aliphatic heterocycles. The first kappa shape index (κ1) is 25.0. The van der Waals surface area contributed by atoms with Gasteiger partial charge in [0.1, 0.15) is 9.88 Å². The van der Waals surface area contributed by atoms with E-state index in [2.05, 4.69) is 10.3 Å². The van der Waals surface area contributed by atoms with Gasteiger partial charge in [0, 0.05) is 17.3 Å². The SMILES string of the molecule is COc1ccc(NC(=O)C(C)OC(=O)c2sc(-c3ccc(C(F)(F)F)cc3)nc2C)cc1OC. The molecule has 0 aliphatic rings. The van der Waals surface area contributed by atoms with Crippen LogP contribution in [0.5, 0.6) is 11.5 Å². The van der Waals surface area contributed by atoms with Gasteiger partial charge in [-0.1, -0.05) is 12.1 Å². The molecule has 0 saturated heterocycles. The van der Waals surface area contributed by atoms with Crippen molar-refractivity contribution < 1.29 is 37.0 Å². The quantitative estimate of drug-likeness (QED) is 0.447. The zero-order valence-electron chi connectivity index (χ0n) is 18.6. The number of ether oxygens (including phenoxy) is 3. The first-order valence-electron chi connectivity index (χ1n) is 9.92. The van der Waals surface area contributed by atoms with Crippen LogP contribution in [0.25, 0.3) is 10.6 Å². The lowest BCUT2D eigenvalue weighted by atomic mass is 10.1. The molecule has 0 aliphatic carbocycles. The molecule has 1 aromatic heterocycles. The molecule has 2 aromatic carbocycles. The normalized spacial score (nSPS) is 12.1. The summed E-state index contributed by atoms with van der Waals surface area (Å²) < 4.78 is 53.9. The first-order valence-corrected chi connectivity index (χ1v) is 10.7. The van der Waals surface area contributed by atoms with Gasteiger partial charge in [-0.25, -0.2) is 9.78 Å². The Hall–Kier alpha value is -3.60. The van der Waals surface area contributed by atoms with E-state index in [1.54, 1.807) is 25.1 Å². The molecule has 0 radical (unpaired) electrons. The highest BCUT2D eigenvalue weighted by Gasteiger charge is 2.30. The van der Waals surface area contributed by atoms with Gasteiger partial charge in [0.05, 0.1) is 25.5 Å². The number of aromatic nitrogens is 1. The smallest absolute Gasteiger partial charge is 0.416 e. The minimum Gasteiger partial charge on any atom is -0.493 e. The number of carbonyl (C=O) groups is 2. The molecule has 1 atom stereocenters. The molecule has 0 saturated carbocycles. The van der Waals surface area contributed by atoms with Crippen LogP contribution in [0.15, 0.2) is 42.5 Å². The number of nitrogens with one attached hydrogen (secondary N) is 1. The van der Waals surface area contributed by atoms with Crippen molar-refractivity contribution in [2.24, 2.45) is 0 Å². The summed E-state index contributed by atoms with van der Waals surface area (Å²) in [5.74, 6) is -0.417. The van der Waals surface area contributed by atoms with Crippen LogP contribution < -0.4 is 14.8 Å². The number of anilines is 1. The number of hydrogen-bond donors (Lipinski definition) is 1. The van der Waals surface area contributed by atoms with Crippen LogP contribution in [0.1, 0.15) is 27.9 Å². The number of carbonyl (C=O) groups excluding carboxylic acids is 2. The largest absolute Gasteiger partial charge is 0.493 e. The van der Waals surface area contributed by atoms with Crippen LogP contribution in [0.4, 0.5) is 18.9 Å². The summed E-state index contributed by atoms with van der Waals surface area (Å²) in [4.78, 5) is 29.5. The maximum Gasteiger partial charge on any atom is 0.416 e. The number of hydrogen-bond acceptors (Lipinski definition) is 7. The second-order valence-electron chi connectivity index (χ2n) is 7.12. The molecule has 1 N–H and O–H groups in total. The third-order valence-corrected chi connectivity index (χ3v) is 5.93. The molecular formula is C23H21F3N2O5S. The van der Waals surface area contributed by atoms with Crippen LogP contribution in [-0.2, 0) is 15.7 Å². The zero-order chi connectivity index (χ0) is 25.0. The predicted octanol–water partition coefficient (Wildman–Crippen LogP) is 5.34. The van der Waals surface area contributed by atoms with Gasteiger partial charge in [0.2, 0.25) is 0 Å². The molecular weight excluding hydrogens is 473 g/mol. The summed E-state index contributed by atoms with van der Waals surface area (Å²) in [6.07, 6.45) is -5.57. The Morgan fingerprint density at radius 2 is 1.68 bits per heavy atom. The Balaban J connectivity index is 1.68. The number of methoxy groups -OCH3 is 2. The lowest BCUT2D eigenvalue weighted by Gasteiger charge is -2.14. The van der Waals surface area contributed by atoms with E-state index in [4.69, 9.17) is 14.2 Å². The summed E-state index contributed by atoms with van der Waals surface area (Å²) in [6.45, 7) is 3.00. The number of nitrogens with zero attached hydrogens (tertiary/aromatic N) is 1. The molecule has 0 spiro atoms. The van der Waals surface area contributed by atoms with E-state index < -0.39 is 29.7 Å². The van der Waals surface area contributed by atoms with E-state index >= 15 is 0 Å². The van der Waals surface area contributed by atoms with E-state index in [-0.39, 0.29) is 4.88 Å². The fraction of sp³-hybridized carbons (Fsp3) is 0.261. The number of amides is 1. The van der Waals surface area contributed by atoms with Crippen molar-refractivity contribution in [3.05, 3.63) is 58.6 Å². The van der Waals surface area contributed by atoms with E-state index in [1.807, 2.05) is 0 Å². The van der Waals surface area contributed by atoms with E-state index in [0.29, 0.717) is 33.5 Å². The molecule has 1 amide bonds. The van der Waals surface area contributed by atoms with Gasteiger partial charge in [-0.3, -0.25) is 4.79 Å². The third kappa shape index (κ3) is 5.66. The van der Waals surface area contributed by atoms with Crippen molar-refractivity contribution in [3.63, 3.8) is 0 Å². The number of aryl methyl sites for hydroxylation is 1. The number of halogens is 3. The Kier molecular flexibility index (Phi) is 7.45. The standard InChI is InChI=1S/C23H21F3N2O5S/c1-12-19(34-21(27-12)14-5-7-15(8-6-14)23(24,25)26)22(30)33-13(2)20(29)28-16-9-10-17(31-3)18(11-16)32-4/h5-11,13H,1-4H3,(H,28,29). The highest BCUT2D eigenvalue weighted by Crippen LogP contribution is 2.33. The Bertz CT molecular complexity index is 1190. The second-order valence-corrected chi connectivity index (χ2v) is 8.11. The molecule has 11 heteroatoms. The maximum absolute atomic E-state index is 12.8. The second kappa shape index (κ2) is 10.1. The summed E-state index contributed by atoms with van der Waals surface area (Å²) >= 11 is 0.972. The van der Waals surface area contributed by atoms with E-state index in [1.165, 1.54) is 33.3 Å². The van der Waals surface area contributed by atoms with E-state index in [9.17, 15) is 22.8 Å². The van der Waals surface area contributed by atoms with Crippen LogP contribution in [0.2, 0.25) is 0 Å². The van der Waals surface area contributed by atoms with Crippen LogP contribution in [0.3, 0.4) is 0 Å². The Labute approximate surface area is 197 Å². The molecule has 0 bridgehead atoms. The number of esters is 1. The number of rotatable bonds is 7. The Morgan fingerprint density at radius 3 is 2.26 bits per heavy atom. The lowest BCUT2D eigenvalue weighted by molar-refractivity contribution is -0.137. The summed E-state index contributed by atoms with van der Waals surface area (Å²) in [5, 5.41) is 2.99. The predicted molar refractivity (Wildman–Crippen MR) is 120 cm³/mol. The molecule has 1 unspecified atom stereocenters. The van der Waals surface area contributed by atoms with Crippen molar-refractivity contribution in [3.8, 4) is 22.1 Å². The van der Waals surface area contributed by atoms with Gasteiger partial charge < -0.3 is 19.5 Å². The van der Waals surface area contributed by atoms with Crippen molar-refractivity contribution >= 4 is 28.9 Å². The monoisotopic (exact) mass is 494 g/mol. The Morgan fingerprint density at radius 1 is 1.03 bits per heavy atom. The van der Waals surface area contributed by atoms with Crippen molar-refractivity contribution in [1.82, 2.24) is 4.98 Å². The van der Waals surface area contributed by atoms with Crippen molar-refractivity contribution in [1.29, 1.82) is 0 Å². The van der Waals surface area contributed by atoms with Crippen LogP contribution >= 0.6 is 11.3 Å². The molecule has 3 rings (SSSR count). The number of benzene rings is 2. The average Bonchev–Trinajstić information content (AvgIpc) is 3.20. The fourth-order valence-electron chi connectivity index (χ4n) is 2.94. The van der Waals surface area contributed by atoms with Crippen LogP contribution in [0, 0.1) is 6.92 Å². The zero-order valence-corrected chi connectivity index (χ0v) is 19.5. The van der Waals surface area contributed by atoms with Gasteiger partial charge in [0.15, 0.2) is 17.6 Å². The van der Waals surface area contributed by atoms with Crippen molar-refractivity contribution in [2.45, 2.75) is 26.1 Å². The number of thiazole rings is 1. The minimum atomic E-state index is -4.44. The molecule has 7 nitrogen and oxygen atoms in total. The highest BCUT2D eigenvalue weighted by atomic mass is 32.1. The van der Waals surface area contributed by atoms with Gasteiger partial charge in [0.25, 0.3) is 5.91 Å². The van der Waals surface area contributed by atoms with Gasteiger partial charge in [-0.05, 0) is 38.1 Å². The topological polar surface area (TPSA) is 86.8 Å². The fourth-order valence-corrected chi connectivity index (χ4v) is 3.89. The van der Waals surface area contributed by atoms with Gasteiger partial charge in [-0.2, -0.15) is 13.2 Å². The minimum absolute atomic E-state index is 0.153. The van der Waals surface area contributed by atoms with Crippen LogP contribution in [-0.4, -0.2) is 37.2 Å². The average molecular weight is 494 g/mol. The maximum atomic E-state index is 12.8. The summed E-state index contributed by atoms with van der Waals surface area (Å²) in [7, 11) is 2.95. The first-order chi connectivity index (χ1) is 16.0. The highest BCUT2D eigenvalue weighted by molar-refractivity contribution is 7.17. The molecule has 1 heterocycles. The molecule has 3 aromatic rings. The summed E-state index contributed by atoms with van der Waals surface area (Å²) in [6, 6.07) is 9.26. The molecule has 0 fully saturated rings. The van der Waals surface area contributed by atoms with E-state index in [0.717, 1.165) is 23.5 Å². The molecule has 34 heavy (non-hydrogen) atoms. The van der Waals surface area contributed by atoms with Gasteiger partial charge >= 0.3 is 12.1 Å². The van der Waals surface area contributed by atoms with Crippen molar-refractivity contribution in [2.75, 3.05) is 19.5 Å². The summed E-state index contributed by atoms with van der Waals surface area (Å²) in [5.41, 5.74) is 0.416. The molecule has 180 valence electrons. The third-order valence-electron chi connectivity index (χ3n) is 4.75. The lowest BCUT2D eigenvalue weighted by Crippen LogP contribution is -2.30.